The highest BCUT2D eigenvalue weighted by Gasteiger charge is 2.06. The van der Waals surface area contributed by atoms with Crippen molar-refractivity contribution >= 4 is 11.4 Å². The molecule has 2 nitrogen and oxygen atoms in total. The van der Waals surface area contributed by atoms with Crippen molar-refractivity contribution in [2.24, 2.45) is 0 Å². The lowest BCUT2D eigenvalue weighted by molar-refractivity contribution is 0.831. The number of nitrogens with zero attached hydrogens (tertiary/aromatic N) is 2. The van der Waals surface area contributed by atoms with Gasteiger partial charge in [-0.15, -0.1) is 0 Å². The third-order valence-corrected chi connectivity index (χ3v) is 5.67. The quantitative estimate of drug-likeness (QED) is 0.401. The van der Waals surface area contributed by atoms with Crippen molar-refractivity contribution in [3.63, 3.8) is 0 Å². The van der Waals surface area contributed by atoms with E-state index in [1.54, 1.807) is 0 Å². The van der Waals surface area contributed by atoms with E-state index < -0.39 is 0 Å². The second-order valence-corrected chi connectivity index (χ2v) is 7.50. The molecule has 0 saturated heterocycles. The zero-order chi connectivity index (χ0) is 20.5. The van der Waals surface area contributed by atoms with Crippen LogP contribution in [0.3, 0.4) is 0 Å². The van der Waals surface area contributed by atoms with E-state index in [1.165, 1.54) is 28.1 Å². The number of anilines is 2. The van der Waals surface area contributed by atoms with Crippen LogP contribution in [0, 0.1) is 0 Å². The highest BCUT2D eigenvalue weighted by Crippen LogP contribution is 2.20. The standard InChI is InChI=1S/C27H34N2/c1-4-28(5-2)26-18-14-23(15-19-26)12-13-24-16-20-27(21-17-24)29(6-3)22-25-10-8-7-9-11-25/h7-11,14-21H,4-6,12-13,22H2,1-3H3. The molecule has 2 heteroatoms. The van der Waals surface area contributed by atoms with Crippen molar-refractivity contribution in [1.82, 2.24) is 0 Å². The van der Waals surface area contributed by atoms with E-state index in [9.17, 15) is 0 Å². The lowest BCUT2D eigenvalue weighted by Gasteiger charge is -2.23. The van der Waals surface area contributed by atoms with Crippen molar-refractivity contribution in [1.29, 1.82) is 0 Å². The van der Waals surface area contributed by atoms with Gasteiger partial charge < -0.3 is 9.80 Å². The van der Waals surface area contributed by atoms with Gasteiger partial charge in [0.2, 0.25) is 0 Å². The minimum atomic E-state index is 0.954. The van der Waals surface area contributed by atoms with Crippen LogP contribution in [0.25, 0.3) is 0 Å². The predicted molar refractivity (Wildman–Crippen MR) is 127 cm³/mol. The van der Waals surface area contributed by atoms with Crippen molar-refractivity contribution < 1.29 is 0 Å². The Morgan fingerprint density at radius 3 is 1.38 bits per heavy atom. The Morgan fingerprint density at radius 1 is 0.483 bits per heavy atom. The van der Waals surface area contributed by atoms with Crippen LogP contribution in [0.2, 0.25) is 0 Å². The first-order valence-electron chi connectivity index (χ1n) is 10.9. The molecule has 0 aliphatic heterocycles. The number of hydrogen-bond acceptors (Lipinski definition) is 2. The van der Waals surface area contributed by atoms with Crippen molar-refractivity contribution in [2.75, 3.05) is 29.4 Å². The largest absolute Gasteiger partial charge is 0.372 e. The molecule has 3 aromatic rings. The fraction of sp³-hybridized carbons (Fsp3) is 0.333. The average molecular weight is 387 g/mol. The molecule has 3 aromatic carbocycles. The summed E-state index contributed by atoms with van der Waals surface area (Å²) in [5, 5.41) is 0. The fourth-order valence-electron chi connectivity index (χ4n) is 3.81. The van der Waals surface area contributed by atoms with Gasteiger partial charge in [0.15, 0.2) is 0 Å². The second kappa shape index (κ2) is 10.7. The molecule has 0 aromatic heterocycles. The van der Waals surface area contributed by atoms with Gasteiger partial charge in [-0.25, -0.2) is 0 Å². The third kappa shape index (κ3) is 5.87. The van der Waals surface area contributed by atoms with E-state index in [0.717, 1.165) is 39.0 Å². The third-order valence-electron chi connectivity index (χ3n) is 5.67. The summed E-state index contributed by atoms with van der Waals surface area (Å²) in [5.41, 5.74) is 6.78. The summed E-state index contributed by atoms with van der Waals surface area (Å²) in [4.78, 5) is 4.81. The zero-order valence-electron chi connectivity index (χ0n) is 18.1. The van der Waals surface area contributed by atoms with Gasteiger partial charge in [-0.3, -0.25) is 0 Å². The molecule has 0 heterocycles. The van der Waals surface area contributed by atoms with E-state index in [1.807, 2.05) is 0 Å². The summed E-state index contributed by atoms with van der Waals surface area (Å²) in [6.07, 6.45) is 2.16. The van der Waals surface area contributed by atoms with E-state index in [-0.39, 0.29) is 0 Å². The van der Waals surface area contributed by atoms with Gasteiger partial charge in [0.1, 0.15) is 0 Å². The van der Waals surface area contributed by atoms with Crippen molar-refractivity contribution in [3.05, 3.63) is 95.6 Å². The molecule has 0 radical (unpaired) electrons. The molecule has 0 atom stereocenters. The Kier molecular flexibility index (Phi) is 7.75. The van der Waals surface area contributed by atoms with Gasteiger partial charge >= 0.3 is 0 Å². The van der Waals surface area contributed by atoms with Crippen LogP contribution in [-0.4, -0.2) is 19.6 Å². The summed E-state index contributed by atoms with van der Waals surface area (Å²) in [7, 11) is 0. The minimum absolute atomic E-state index is 0.954. The summed E-state index contributed by atoms with van der Waals surface area (Å²) in [6.45, 7) is 10.7. The Hall–Kier alpha value is -2.74. The maximum absolute atomic E-state index is 2.42. The van der Waals surface area contributed by atoms with Gasteiger partial charge in [0.25, 0.3) is 0 Å². The van der Waals surface area contributed by atoms with Gasteiger partial charge in [0, 0.05) is 37.6 Å². The second-order valence-electron chi connectivity index (χ2n) is 7.50. The van der Waals surface area contributed by atoms with Gasteiger partial charge in [-0.2, -0.15) is 0 Å². The van der Waals surface area contributed by atoms with E-state index in [2.05, 4.69) is 109 Å². The molecule has 0 bridgehead atoms. The summed E-state index contributed by atoms with van der Waals surface area (Å²) < 4.78 is 0. The van der Waals surface area contributed by atoms with Gasteiger partial charge in [-0.1, -0.05) is 54.6 Å². The molecular formula is C27H34N2. The summed E-state index contributed by atoms with van der Waals surface area (Å²) in [5.74, 6) is 0. The monoisotopic (exact) mass is 386 g/mol. The Morgan fingerprint density at radius 2 is 0.931 bits per heavy atom. The number of aryl methyl sites for hydroxylation is 2. The van der Waals surface area contributed by atoms with E-state index in [4.69, 9.17) is 0 Å². The molecule has 152 valence electrons. The first kappa shape index (κ1) is 21.0. The molecule has 0 amide bonds. The maximum Gasteiger partial charge on any atom is 0.0429 e. The first-order valence-corrected chi connectivity index (χ1v) is 10.9. The van der Waals surface area contributed by atoms with Crippen LogP contribution in [-0.2, 0) is 19.4 Å². The molecule has 0 N–H and O–H groups in total. The topological polar surface area (TPSA) is 6.48 Å². The first-order chi connectivity index (χ1) is 14.2. The van der Waals surface area contributed by atoms with Gasteiger partial charge in [0.05, 0.1) is 0 Å². The number of hydrogen-bond donors (Lipinski definition) is 0. The highest BCUT2D eigenvalue weighted by molar-refractivity contribution is 5.49. The lowest BCUT2D eigenvalue weighted by atomic mass is 10.0. The highest BCUT2D eigenvalue weighted by atomic mass is 15.1. The fourth-order valence-corrected chi connectivity index (χ4v) is 3.81. The Labute approximate surface area is 176 Å². The van der Waals surface area contributed by atoms with E-state index >= 15 is 0 Å². The van der Waals surface area contributed by atoms with Crippen LogP contribution >= 0.6 is 0 Å². The average Bonchev–Trinajstić information content (AvgIpc) is 2.79. The summed E-state index contributed by atoms with van der Waals surface area (Å²) >= 11 is 0. The zero-order valence-corrected chi connectivity index (χ0v) is 18.1. The molecule has 0 aliphatic carbocycles. The predicted octanol–water partition coefficient (Wildman–Crippen LogP) is 6.34. The normalized spacial score (nSPS) is 10.7. The van der Waals surface area contributed by atoms with Crippen LogP contribution in [0.5, 0.6) is 0 Å². The minimum Gasteiger partial charge on any atom is -0.372 e. The Bertz CT molecular complexity index is 834. The SMILES string of the molecule is CCN(CC)c1ccc(CCc2ccc(N(CC)Cc3ccccc3)cc2)cc1. The van der Waals surface area contributed by atoms with Crippen LogP contribution in [0.4, 0.5) is 11.4 Å². The number of benzene rings is 3. The molecule has 0 spiro atoms. The summed E-state index contributed by atoms with van der Waals surface area (Å²) in [6, 6.07) is 28.9. The lowest BCUT2D eigenvalue weighted by Crippen LogP contribution is -2.21. The molecule has 0 fully saturated rings. The molecule has 29 heavy (non-hydrogen) atoms. The molecule has 3 rings (SSSR count). The van der Waals surface area contributed by atoms with Crippen LogP contribution in [0.1, 0.15) is 37.5 Å². The van der Waals surface area contributed by atoms with Crippen molar-refractivity contribution in [3.8, 4) is 0 Å². The molecule has 0 aliphatic rings. The van der Waals surface area contributed by atoms with Crippen LogP contribution < -0.4 is 9.80 Å². The van der Waals surface area contributed by atoms with Gasteiger partial charge in [-0.05, 0) is 74.6 Å². The van der Waals surface area contributed by atoms with Crippen LogP contribution in [0.15, 0.2) is 78.9 Å². The molecule has 0 saturated carbocycles. The number of rotatable bonds is 10. The molecule has 0 unspecified atom stereocenters. The van der Waals surface area contributed by atoms with E-state index in [0.29, 0.717) is 0 Å². The molecular weight excluding hydrogens is 352 g/mol. The van der Waals surface area contributed by atoms with Crippen molar-refractivity contribution in [2.45, 2.75) is 40.2 Å². The Balaban J connectivity index is 1.57. The maximum atomic E-state index is 2.42. The smallest absolute Gasteiger partial charge is 0.0429 e.